The Morgan fingerprint density at radius 3 is 2.65 bits per heavy atom. The minimum atomic E-state index is -0.948. The fraction of sp³-hybridized carbons (Fsp3) is 0.833. The summed E-state index contributed by atoms with van der Waals surface area (Å²) in [6.07, 6.45) is 2.29. The van der Waals surface area contributed by atoms with Gasteiger partial charge in [0.1, 0.15) is 6.04 Å². The van der Waals surface area contributed by atoms with Crippen LogP contribution in [0.3, 0.4) is 0 Å². The predicted molar refractivity (Wildman–Crippen MR) is 64.6 cm³/mol. The van der Waals surface area contributed by atoms with E-state index in [1.165, 1.54) is 0 Å². The number of amides is 1. The lowest BCUT2D eigenvalue weighted by Gasteiger charge is -2.24. The average molecular weight is 242 g/mol. The summed E-state index contributed by atoms with van der Waals surface area (Å²) in [5.41, 5.74) is 0. The molecule has 1 heterocycles. The Hall–Kier alpha value is -1.10. The van der Waals surface area contributed by atoms with E-state index in [0.29, 0.717) is 13.0 Å². The lowest BCUT2D eigenvalue weighted by Crippen LogP contribution is -2.47. The summed E-state index contributed by atoms with van der Waals surface area (Å²) < 4.78 is 0. The van der Waals surface area contributed by atoms with Crippen molar-refractivity contribution in [2.45, 2.75) is 39.2 Å². The minimum Gasteiger partial charge on any atom is -0.480 e. The molecule has 0 radical (unpaired) electrons. The Labute approximate surface area is 102 Å². The third-order valence-corrected chi connectivity index (χ3v) is 2.99. The van der Waals surface area contributed by atoms with E-state index in [2.05, 4.69) is 10.6 Å². The zero-order chi connectivity index (χ0) is 12.8. The van der Waals surface area contributed by atoms with Crippen molar-refractivity contribution in [3.05, 3.63) is 0 Å². The standard InChI is InChI=1S/C12H22N2O3/c1-8(2)6-10(12(16)17)14-11(15)9-4-3-5-13-7-9/h8-10,13H,3-7H2,1-2H3,(H,14,15)(H,16,17)/t9-,10+/m0/s1. The second-order valence-corrected chi connectivity index (χ2v) is 5.07. The van der Waals surface area contributed by atoms with E-state index in [0.717, 1.165) is 19.4 Å². The molecule has 1 aliphatic rings. The normalized spacial score (nSPS) is 22.2. The molecular formula is C12H22N2O3. The van der Waals surface area contributed by atoms with Crippen LogP contribution in [0.5, 0.6) is 0 Å². The van der Waals surface area contributed by atoms with Crippen molar-refractivity contribution in [1.29, 1.82) is 0 Å². The van der Waals surface area contributed by atoms with E-state index in [9.17, 15) is 9.59 Å². The molecule has 5 nitrogen and oxygen atoms in total. The van der Waals surface area contributed by atoms with Gasteiger partial charge in [-0.2, -0.15) is 0 Å². The number of carbonyl (C=O) groups is 2. The van der Waals surface area contributed by atoms with E-state index in [1.807, 2.05) is 13.8 Å². The molecule has 0 aliphatic carbocycles. The third kappa shape index (κ3) is 4.73. The van der Waals surface area contributed by atoms with Gasteiger partial charge in [0.05, 0.1) is 5.92 Å². The molecule has 0 aromatic carbocycles. The topological polar surface area (TPSA) is 78.4 Å². The summed E-state index contributed by atoms with van der Waals surface area (Å²) in [7, 11) is 0. The number of hydrogen-bond donors (Lipinski definition) is 3. The van der Waals surface area contributed by atoms with Gasteiger partial charge in [-0.15, -0.1) is 0 Å². The molecule has 2 atom stereocenters. The predicted octanol–water partition coefficient (Wildman–Crippen LogP) is 0.602. The van der Waals surface area contributed by atoms with Gasteiger partial charge >= 0.3 is 5.97 Å². The lowest BCUT2D eigenvalue weighted by atomic mass is 9.97. The maximum atomic E-state index is 11.9. The Bertz CT molecular complexity index is 273. The van der Waals surface area contributed by atoms with Crippen LogP contribution in [0, 0.1) is 11.8 Å². The fourth-order valence-corrected chi connectivity index (χ4v) is 2.06. The summed E-state index contributed by atoms with van der Waals surface area (Å²) in [6, 6.07) is -0.760. The first-order chi connectivity index (χ1) is 8.00. The van der Waals surface area contributed by atoms with Gasteiger partial charge in [-0.1, -0.05) is 13.8 Å². The molecule has 98 valence electrons. The largest absolute Gasteiger partial charge is 0.480 e. The second-order valence-electron chi connectivity index (χ2n) is 5.07. The zero-order valence-electron chi connectivity index (χ0n) is 10.5. The van der Waals surface area contributed by atoms with E-state index < -0.39 is 12.0 Å². The van der Waals surface area contributed by atoms with Crippen LogP contribution in [0.4, 0.5) is 0 Å². The highest BCUT2D eigenvalue weighted by Gasteiger charge is 2.26. The molecule has 0 spiro atoms. The molecule has 1 amide bonds. The van der Waals surface area contributed by atoms with E-state index in [1.54, 1.807) is 0 Å². The molecule has 1 rings (SSSR count). The van der Waals surface area contributed by atoms with Crippen LogP contribution in [-0.4, -0.2) is 36.1 Å². The van der Waals surface area contributed by atoms with Crippen LogP contribution in [0.1, 0.15) is 33.1 Å². The van der Waals surface area contributed by atoms with Crippen LogP contribution < -0.4 is 10.6 Å². The average Bonchev–Trinajstić information content (AvgIpc) is 2.28. The van der Waals surface area contributed by atoms with E-state index >= 15 is 0 Å². The SMILES string of the molecule is CC(C)C[C@@H](NC(=O)[C@H]1CCCNC1)C(=O)O. The molecule has 1 saturated heterocycles. The van der Waals surface area contributed by atoms with Crippen molar-refractivity contribution >= 4 is 11.9 Å². The van der Waals surface area contributed by atoms with Crippen molar-refractivity contribution in [3.63, 3.8) is 0 Å². The number of carboxylic acids is 1. The fourth-order valence-electron chi connectivity index (χ4n) is 2.06. The number of hydrogen-bond acceptors (Lipinski definition) is 3. The lowest BCUT2D eigenvalue weighted by molar-refractivity contribution is -0.143. The number of aliphatic carboxylic acids is 1. The molecule has 1 aliphatic heterocycles. The molecule has 5 heteroatoms. The summed E-state index contributed by atoms with van der Waals surface area (Å²) in [5.74, 6) is -0.917. The van der Waals surface area contributed by atoms with Crippen molar-refractivity contribution < 1.29 is 14.7 Å². The van der Waals surface area contributed by atoms with Crippen LogP contribution >= 0.6 is 0 Å². The van der Waals surface area contributed by atoms with Crippen molar-refractivity contribution in [3.8, 4) is 0 Å². The molecule has 1 fully saturated rings. The first-order valence-electron chi connectivity index (χ1n) is 6.24. The molecule has 0 bridgehead atoms. The molecule has 0 aromatic rings. The summed E-state index contributed by atoms with van der Waals surface area (Å²) >= 11 is 0. The number of carbonyl (C=O) groups excluding carboxylic acids is 1. The van der Waals surface area contributed by atoms with E-state index in [-0.39, 0.29) is 17.7 Å². The van der Waals surface area contributed by atoms with E-state index in [4.69, 9.17) is 5.11 Å². The van der Waals surface area contributed by atoms with Crippen molar-refractivity contribution in [2.75, 3.05) is 13.1 Å². The number of piperidine rings is 1. The van der Waals surface area contributed by atoms with Crippen molar-refractivity contribution in [1.82, 2.24) is 10.6 Å². The smallest absolute Gasteiger partial charge is 0.326 e. The second kappa shape index (κ2) is 6.59. The first kappa shape index (κ1) is 14.0. The molecule has 0 unspecified atom stereocenters. The Kier molecular flexibility index (Phi) is 5.41. The minimum absolute atomic E-state index is 0.0854. The third-order valence-electron chi connectivity index (χ3n) is 2.99. The van der Waals surface area contributed by atoms with Crippen LogP contribution in [0.25, 0.3) is 0 Å². The zero-order valence-corrected chi connectivity index (χ0v) is 10.5. The molecule has 0 saturated carbocycles. The van der Waals surface area contributed by atoms with Crippen molar-refractivity contribution in [2.24, 2.45) is 11.8 Å². The highest BCUT2D eigenvalue weighted by Crippen LogP contribution is 2.11. The van der Waals surface area contributed by atoms with Crippen LogP contribution in [-0.2, 0) is 9.59 Å². The quantitative estimate of drug-likeness (QED) is 0.659. The maximum absolute atomic E-state index is 11.9. The molecule has 0 aromatic heterocycles. The summed E-state index contributed by atoms with van der Waals surface area (Å²) in [4.78, 5) is 22.9. The number of nitrogens with one attached hydrogen (secondary N) is 2. The van der Waals surface area contributed by atoms with Gasteiger partial charge < -0.3 is 15.7 Å². The first-order valence-corrected chi connectivity index (χ1v) is 6.24. The Morgan fingerprint density at radius 1 is 1.47 bits per heavy atom. The molecule has 17 heavy (non-hydrogen) atoms. The maximum Gasteiger partial charge on any atom is 0.326 e. The van der Waals surface area contributed by atoms with Gasteiger partial charge in [0.2, 0.25) is 5.91 Å². The van der Waals surface area contributed by atoms with Gasteiger partial charge in [0.25, 0.3) is 0 Å². The summed E-state index contributed by atoms with van der Waals surface area (Å²) in [6.45, 7) is 5.49. The van der Waals surface area contributed by atoms with Gasteiger partial charge in [-0.05, 0) is 31.7 Å². The molecule has 3 N–H and O–H groups in total. The monoisotopic (exact) mass is 242 g/mol. The highest BCUT2D eigenvalue weighted by molar-refractivity contribution is 5.85. The van der Waals surface area contributed by atoms with Crippen LogP contribution in [0.2, 0.25) is 0 Å². The molecular weight excluding hydrogens is 220 g/mol. The van der Waals surface area contributed by atoms with Gasteiger partial charge in [-0.25, -0.2) is 4.79 Å². The Balaban J connectivity index is 2.47. The number of rotatable bonds is 5. The summed E-state index contributed by atoms with van der Waals surface area (Å²) in [5, 5.41) is 14.8. The van der Waals surface area contributed by atoms with Gasteiger partial charge in [-0.3, -0.25) is 4.79 Å². The van der Waals surface area contributed by atoms with Gasteiger partial charge in [0.15, 0.2) is 0 Å². The van der Waals surface area contributed by atoms with Crippen LogP contribution in [0.15, 0.2) is 0 Å². The number of carboxylic acid groups (broad SMARTS) is 1. The highest BCUT2D eigenvalue weighted by atomic mass is 16.4. The van der Waals surface area contributed by atoms with Gasteiger partial charge in [0, 0.05) is 6.54 Å². The Morgan fingerprint density at radius 2 is 2.18 bits per heavy atom.